The monoisotopic (exact) mass is 314 g/mol. The fourth-order valence-electron chi connectivity index (χ4n) is 2.92. The van der Waals surface area contributed by atoms with Crippen LogP contribution >= 0.6 is 11.8 Å². The molecule has 0 bridgehead atoms. The van der Waals surface area contributed by atoms with Crippen LogP contribution in [0.5, 0.6) is 0 Å². The number of rotatable bonds is 1. The molecule has 1 aliphatic heterocycles. The summed E-state index contributed by atoms with van der Waals surface area (Å²) in [4.78, 5) is 4.79. The van der Waals surface area contributed by atoms with Gasteiger partial charge in [0, 0.05) is 15.5 Å². The molecule has 0 aliphatic carbocycles. The van der Waals surface area contributed by atoms with Gasteiger partial charge in [0.05, 0.1) is 23.0 Å². The summed E-state index contributed by atoms with van der Waals surface area (Å²) in [6.45, 7) is 2.14. The molecule has 3 aromatic carbocycles. The van der Waals surface area contributed by atoms with Crippen molar-refractivity contribution in [1.82, 2.24) is 0 Å². The van der Waals surface area contributed by atoms with Crippen LogP contribution in [0.1, 0.15) is 11.1 Å². The summed E-state index contributed by atoms with van der Waals surface area (Å²) in [5.41, 5.74) is 5.41. The number of anilines is 3. The van der Waals surface area contributed by atoms with Gasteiger partial charge in [0.15, 0.2) is 0 Å². The topological polar surface area (TPSA) is 27.0 Å². The number of aryl methyl sites for hydroxylation is 1. The zero-order valence-corrected chi connectivity index (χ0v) is 13.5. The van der Waals surface area contributed by atoms with Crippen LogP contribution in [-0.4, -0.2) is 0 Å². The fraction of sp³-hybridized carbons (Fsp3) is 0.0500. The second-order valence-electron chi connectivity index (χ2n) is 5.49. The van der Waals surface area contributed by atoms with E-state index in [4.69, 9.17) is 5.26 Å². The molecule has 2 nitrogen and oxygen atoms in total. The van der Waals surface area contributed by atoms with E-state index in [1.54, 1.807) is 0 Å². The Hall–Kier alpha value is -2.70. The van der Waals surface area contributed by atoms with E-state index in [9.17, 15) is 0 Å². The van der Waals surface area contributed by atoms with Gasteiger partial charge in [0.2, 0.25) is 0 Å². The van der Waals surface area contributed by atoms with Gasteiger partial charge in [-0.1, -0.05) is 36.0 Å². The van der Waals surface area contributed by atoms with Crippen molar-refractivity contribution in [1.29, 1.82) is 5.26 Å². The van der Waals surface area contributed by atoms with Crippen molar-refractivity contribution in [2.75, 3.05) is 4.90 Å². The lowest BCUT2D eigenvalue weighted by Crippen LogP contribution is -2.15. The summed E-state index contributed by atoms with van der Waals surface area (Å²) in [6, 6.07) is 24.8. The number of benzene rings is 3. The molecule has 0 unspecified atom stereocenters. The van der Waals surface area contributed by atoms with Crippen molar-refractivity contribution < 1.29 is 0 Å². The third-order valence-corrected chi connectivity index (χ3v) is 5.12. The molecular formula is C20H14N2S. The zero-order valence-electron chi connectivity index (χ0n) is 12.7. The van der Waals surface area contributed by atoms with Crippen LogP contribution in [0.15, 0.2) is 76.5 Å². The Bertz CT molecular complexity index is 923. The normalized spacial score (nSPS) is 12.3. The minimum atomic E-state index is 0.679. The molecule has 3 aromatic rings. The first-order valence-corrected chi connectivity index (χ1v) is 8.26. The first-order valence-electron chi connectivity index (χ1n) is 7.45. The van der Waals surface area contributed by atoms with Crippen LogP contribution in [0.3, 0.4) is 0 Å². The van der Waals surface area contributed by atoms with Crippen LogP contribution < -0.4 is 4.90 Å². The predicted octanol–water partition coefficient (Wildman–Crippen LogP) is 5.80. The molecular weight excluding hydrogens is 300 g/mol. The van der Waals surface area contributed by atoms with Gasteiger partial charge in [-0.3, -0.25) is 0 Å². The molecule has 0 saturated heterocycles. The summed E-state index contributed by atoms with van der Waals surface area (Å²) in [6.07, 6.45) is 0. The molecule has 0 fully saturated rings. The smallest absolute Gasteiger partial charge is 0.0991 e. The van der Waals surface area contributed by atoms with E-state index >= 15 is 0 Å². The number of para-hydroxylation sites is 2. The molecule has 0 aromatic heterocycles. The Kier molecular flexibility index (Phi) is 3.33. The lowest BCUT2D eigenvalue weighted by atomic mass is 10.1. The second kappa shape index (κ2) is 5.49. The molecule has 0 atom stereocenters. The van der Waals surface area contributed by atoms with E-state index in [0.717, 1.165) is 5.69 Å². The first-order chi connectivity index (χ1) is 11.3. The molecule has 23 heavy (non-hydrogen) atoms. The zero-order chi connectivity index (χ0) is 15.8. The Morgan fingerprint density at radius 2 is 1.61 bits per heavy atom. The van der Waals surface area contributed by atoms with Gasteiger partial charge in [-0.05, 0) is 55.0 Å². The molecule has 1 heterocycles. The van der Waals surface area contributed by atoms with E-state index in [0.29, 0.717) is 5.56 Å². The SMILES string of the molecule is Cc1cccc2c1N(c1ccc(C#N)cc1)c1ccccc1S2. The number of nitrogens with zero attached hydrogens (tertiary/aromatic N) is 2. The van der Waals surface area contributed by atoms with Gasteiger partial charge in [-0.2, -0.15) is 5.26 Å². The van der Waals surface area contributed by atoms with Crippen LogP contribution in [0.25, 0.3) is 0 Å². The third-order valence-electron chi connectivity index (χ3n) is 4.01. The maximum atomic E-state index is 9.03. The van der Waals surface area contributed by atoms with Crippen molar-refractivity contribution in [3.8, 4) is 6.07 Å². The van der Waals surface area contributed by atoms with Crippen LogP contribution in [0.2, 0.25) is 0 Å². The van der Waals surface area contributed by atoms with E-state index in [1.165, 1.54) is 26.7 Å². The highest BCUT2D eigenvalue weighted by atomic mass is 32.2. The Balaban J connectivity index is 1.96. The Morgan fingerprint density at radius 1 is 0.870 bits per heavy atom. The summed E-state index contributed by atoms with van der Waals surface area (Å²) >= 11 is 1.81. The minimum Gasteiger partial charge on any atom is -0.308 e. The highest BCUT2D eigenvalue weighted by Gasteiger charge is 2.25. The number of hydrogen-bond acceptors (Lipinski definition) is 3. The molecule has 3 heteroatoms. The van der Waals surface area contributed by atoms with Crippen molar-refractivity contribution in [2.45, 2.75) is 16.7 Å². The lowest BCUT2D eigenvalue weighted by molar-refractivity contribution is 1.14. The van der Waals surface area contributed by atoms with Crippen LogP contribution in [0, 0.1) is 18.3 Å². The maximum Gasteiger partial charge on any atom is 0.0991 e. The van der Waals surface area contributed by atoms with Crippen molar-refractivity contribution in [3.63, 3.8) is 0 Å². The summed E-state index contributed by atoms with van der Waals surface area (Å²) in [5.74, 6) is 0. The van der Waals surface area contributed by atoms with E-state index in [1.807, 2.05) is 36.0 Å². The summed E-state index contributed by atoms with van der Waals surface area (Å²) in [5, 5.41) is 9.03. The van der Waals surface area contributed by atoms with Gasteiger partial charge in [-0.15, -0.1) is 0 Å². The number of hydrogen-bond donors (Lipinski definition) is 0. The van der Waals surface area contributed by atoms with Crippen molar-refractivity contribution >= 4 is 28.8 Å². The standard InChI is InChI=1S/C20H14N2S/c1-14-5-4-8-19-20(14)22(16-11-9-15(13-21)10-12-16)17-6-2-3-7-18(17)23-19/h2-12H,1H3. The molecule has 110 valence electrons. The van der Waals surface area contributed by atoms with E-state index in [-0.39, 0.29) is 0 Å². The van der Waals surface area contributed by atoms with Gasteiger partial charge >= 0.3 is 0 Å². The van der Waals surface area contributed by atoms with Crippen molar-refractivity contribution in [2.24, 2.45) is 0 Å². The molecule has 0 saturated carbocycles. The van der Waals surface area contributed by atoms with E-state index < -0.39 is 0 Å². The van der Waals surface area contributed by atoms with Gasteiger partial charge in [0.25, 0.3) is 0 Å². The van der Waals surface area contributed by atoms with Crippen molar-refractivity contribution in [3.05, 3.63) is 77.9 Å². The molecule has 0 N–H and O–H groups in total. The van der Waals surface area contributed by atoms with Gasteiger partial charge < -0.3 is 4.90 Å². The molecule has 4 rings (SSSR count). The third kappa shape index (κ3) is 2.28. The lowest BCUT2D eigenvalue weighted by Gasteiger charge is -2.34. The average Bonchev–Trinajstić information content (AvgIpc) is 2.60. The maximum absolute atomic E-state index is 9.03. The number of nitriles is 1. The molecule has 0 radical (unpaired) electrons. The van der Waals surface area contributed by atoms with Crippen LogP contribution in [0.4, 0.5) is 17.1 Å². The second-order valence-corrected chi connectivity index (χ2v) is 6.57. The fourth-order valence-corrected chi connectivity index (χ4v) is 4.06. The summed E-state index contributed by atoms with van der Waals surface area (Å²) < 4.78 is 0. The molecule has 0 amide bonds. The highest BCUT2D eigenvalue weighted by molar-refractivity contribution is 7.99. The molecule has 1 aliphatic rings. The minimum absolute atomic E-state index is 0.679. The largest absolute Gasteiger partial charge is 0.308 e. The average molecular weight is 314 g/mol. The Labute approximate surface area is 140 Å². The highest BCUT2D eigenvalue weighted by Crippen LogP contribution is 2.52. The van der Waals surface area contributed by atoms with Gasteiger partial charge in [-0.25, -0.2) is 0 Å². The predicted molar refractivity (Wildman–Crippen MR) is 94.7 cm³/mol. The quantitative estimate of drug-likeness (QED) is 0.444. The molecule has 0 spiro atoms. The first kappa shape index (κ1) is 13.9. The van der Waals surface area contributed by atoms with E-state index in [2.05, 4.69) is 60.4 Å². The van der Waals surface area contributed by atoms with Gasteiger partial charge in [0.1, 0.15) is 0 Å². The Morgan fingerprint density at radius 3 is 2.39 bits per heavy atom. The number of fused-ring (bicyclic) bond motifs is 2. The summed E-state index contributed by atoms with van der Waals surface area (Å²) in [7, 11) is 0. The van der Waals surface area contributed by atoms with Crippen LogP contribution in [-0.2, 0) is 0 Å².